The van der Waals surface area contributed by atoms with Gasteiger partial charge in [-0.3, -0.25) is 20.2 Å². The fraction of sp³-hybridized carbons (Fsp3) is 0.167. The number of thiocarbonyl (C=S) groups is 1. The van der Waals surface area contributed by atoms with Gasteiger partial charge in [-0.25, -0.2) is 0 Å². The second-order valence-corrected chi connectivity index (χ2v) is 8.19. The molecule has 0 fully saturated rings. The Morgan fingerprint density at radius 2 is 1.76 bits per heavy atom. The molecule has 1 heterocycles. The minimum Gasteiger partial charge on any atom is -0.332 e. The summed E-state index contributed by atoms with van der Waals surface area (Å²) in [5.74, 6) is -0.529. The number of amides is 1. The molecule has 0 saturated heterocycles. The van der Waals surface area contributed by atoms with Gasteiger partial charge in [-0.1, -0.05) is 25.1 Å². The lowest BCUT2D eigenvalue weighted by atomic mass is 10.1. The average Bonchev–Trinajstić information content (AvgIpc) is 3.21. The lowest BCUT2D eigenvalue weighted by molar-refractivity contribution is -0.385. The van der Waals surface area contributed by atoms with Gasteiger partial charge >= 0.3 is 0 Å². The first-order valence-corrected chi connectivity index (χ1v) is 11.0. The number of aromatic nitrogens is 3. The smallest absolute Gasteiger partial charge is 0.273 e. The van der Waals surface area contributed by atoms with E-state index in [0.717, 1.165) is 23.2 Å². The predicted molar refractivity (Wildman–Crippen MR) is 135 cm³/mol. The van der Waals surface area contributed by atoms with Crippen LogP contribution in [0.1, 0.15) is 34.0 Å². The lowest BCUT2D eigenvalue weighted by Crippen LogP contribution is -2.34. The highest BCUT2D eigenvalue weighted by Crippen LogP contribution is 2.23. The van der Waals surface area contributed by atoms with Gasteiger partial charge in [0.1, 0.15) is 11.0 Å². The summed E-state index contributed by atoms with van der Waals surface area (Å²) in [6, 6.07) is 16.1. The number of hydrogen-bond donors (Lipinski definition) is 2. The van der Waals surface area contributed by atoms with Crippen molar-refractivity contribution in [2.45, 2.75) is 27.2 Å². The van der Waals surface area contributed by atoms with Crippen molar-refractivity contribution in [1.82, 2.24) is 20.3 Å². The monoisotopic (exact) mass is 474 g/mol. The zero-order chi connectivity index (χ0) is 24.4. The summed E-state index contributed by atoms with van der Waals surface area (Å²) in [5, 5.41) is 25.9. The first-order valence-electron chi connectivity index (χ1n) is 10.6. The number of nitro groups is 1. The molecule has 3 aromatic carbocycles. The second kappa shape index (κ2) is 9.36. The van der Waals surface area contributed by atoms with E-state index in [-0.39, 0.29) is 21.9 Å². The number of nitro benzene ring substituents is 1. The van der Waals surface area contributed by atoms with Gasteiger partial charge in [0.25, 0.3) is 11.6 Å². The van der Waals surface area contributed by atoms with Crippen LogP contribution in [0, 0.1) is 24.0 Å². The Morgan fingerprint density at radius 1 is 1.09 bits per heavy atom. The summed E-state index contributed by atoms with van der Waals surface area (Å²) >= 11 is 5.31. The Balaban J connectivity index is 1.53. The van der Waals surface area contributed by atoms with Gasteiger partial charge in [0.15, 0.2) is 5.11 Å². The summed E-state index contributed by atoms with van der Waals surface area (Å²) in [6.45, 7) is 5.52. The molecule has 9 nitrogen and oxygen atoms in total. The minimum atomic E-state index is -0.529. The maximum Gasteiger partial charge on any atom is 0.273 e. The van der Waals surface area contributed by atoms with E-state index in [4.69, 9.17) is 12.2 Å². The highest BCUT2D eigenvalue weighted by Gasteiger charge is 2.19. The molecular formula is C24H22N6O3S. The highest BCUT2D eigenvalue weighted by atomic mass is 32.1. The van der Waals surface area contributed by atoms with E-state index in [9.17, 15) is 14.9 Å². The molecule has 0 aliphatic heterocycles. The zero-order valence-electron chi connectivity index (χ0n) is 18.8. The normalized spacial score (nSPS) is 10.8. The summed E-state index contributed by atoms with van der Waals surface area (Å²) < 4.78 is 0. The molecule has 0 saturated carbocycles. The van der Waals surface area contributed by atoms with Crippen molar-refractivity contribution < 1.29 is 9.72 Å². The van der Waals surface area contributed by atoms with Gasteiger partial charge < -0.3 is 5.32 Å². The van der Waals surface area contributed by atoms with Gasteiger partial charge in [0.05, 0.1) is 10.6 Å². The molecule has 0 unspecified atom stereocenters. The Kier molecular flexibility index (Phi) is 6.33. The third kappa shape index (κ3) is 4.62. The van der Waals surface area contributed by atoms with Crippen LogP contribution in [-0.4, -0.2) is 30.9 Å². The van der Waals surface area contributed by atoms with Crippen molar-refractivity contribution in [3.8, 4) is 5.69 Å². The summed E-state index contributed by atoms with van der Waals surface area (Å²) in [7, 11) is 0. The van der Waals surface area contributed by atoms with Crippen molar-refractivity contribution in [3.63, 3.8) is 0 Å². The molecule has 1 amide bonds. The standard InChI is InChI=1S/C24H22N6O3S/c1-4-16-8-10-17(11-9-16)29-27-20-12-14(2)19(13-21(20)28-29)25-24(34)26-23(31)18-6-5-7-22(15(18)3)30(32)33/h5-13H,4H2,1-3H3,(H2,25,26,31,34). The quantitative estimate of drug-likeness (QED) is 0.246. The van der Waals surface area contributed by atoms with E-state index < -0.39 is 10.8 Å². The number of carbonyl (C=O) groups is 1. The maximum atomic E-state index is 12.7. The molecule has 172 valence electrons. The number of nitrogens with zero attached hydrogens (tertiary/aromatic N) is 4. The van der Waals surface area contributed by atoms with Gasteiger partial charge in [0, 0.05) is 22.9 Å². The van der Waals surface area contributed by atoms with Crippen LogP contribution in [0.2, 0.25) is 0 Å². The van der Waals surface area contributed by atoms with E-state index in [1.807, 2.05) is 43.3 Å². The van der Waals surface area contributed by atoms with Gasteiger partial charge in [-0.2, -0.15) is 4.80 Å². The molecule has 4 rings (SSSR count). The molecule has 0 atom stereocenters. The molecular weight excluding hydrogens is 452 g/mol. The number of rotatable bonds is 5. The number of anilines is 1. The fourth-order valence-electron chi connectivity index (χ4n) is 3.57. The van der Waals surface area contributed by atoms with E-state index >= 15 is 0 Å². The average molecular weight is 475 g/mol. The summed E-state index contributed by atoms with van der Waals surface area (Å²) in [6.07, 6.45) is 0.959. The number of benzene rings is 3. The van der Waals surface area contributed by atoms with Crippen LogP contribution >= 0.6 is 12.2 Å². The van der Waals surface area contributed by atoms with Crippen LogP contribution in [0.3, 0.4) is 0 Å². The van der Waals surface area contributed by atoms with Crippen molar-refractivity contribution in [2.24, 2.45) is 0 Å². The summed E-state index contributed by atoms with van der Waals surface area (Å²) in [4.78, 5) is 24.9. The van der Waals surface area contributed by atoms with E-state index in [2.05, 4.69) is 27.8 Å². The van der Waals surface area contributed by atoms with Crippen molar-refractivity contribution in [3.05, 3.63) is 87.0 Å². The molecule has 0 aliphatic carbocycles. The molecule has 0 radical (unpaired) electrons. The first kappa shape index (κ1) is 23.0. The van der Waals surface area contributed by atoms with Gasteiger partial charge in [-0.15, -0.1) is 10.2 Å². The minimum absolute atomic E-state index is 0.0703. The number of carbonyl (C=O) groups excluding carboxylic acids is 1. The van der Waals surface area contributed by atoms with Crippen LogP contribution < -0.4 is 10.6 Å². The predicted octanol–water partition coefficient (Wildman–Crippen LogP) is 4.63. The van der Waals surface area contributed by atoms with Gasteiger partial charge in [0.2, 0.25) is 0 Å². The zero-order valence-corrected chi connectivity index (χ0v) is 19.6. The third-order valence-electron chi connectivity index (χ3n) is 5.52. The van der Waals surface area contributed by atoms with Crippen LogP contribution in [0.4, 0.5) is 11.4 Å². The van der Waals surface area contributed by atoms with Crippen LogP contribution in [0.5, 0.6) is 0 Å². The van der Waals surface area contributed by atoms with E-state index in [1.54, 1.807) is 4.80 Å². The molecule has 34 heavy (non-hydrogen) atoms. The van der Waals surface area contributed by atoms with Crippen molar-refractivity contribution in [2.75, 3.05) is 5.32 Å². The lowest BCUT2D eigenvalue weighted by Gasteiger charge is -2.12. The van der Waals surface area contributed by atoms with Gasteiger partial charge in [-0.05, 0) is 73.9 Å². The number of nitrogens with one attached hydrogen (secondary N) is 2. The number of hydrogen-bond acceptors (Lipinski definition) is 6. The number of aryl methyl sites for hydroxylation is 2. The first-order chi connectivity index (χ1) is 16.3. The topological polar surface area (TPSA) is 115 Å². The Bertz CT molecular complexity index is 1430. The van der Waals surface area contributed by atoms with Crippen molar-refractivity contribution >= 4 is 45.6 Å². The molecule has 0 spiro atoms. The summed E-state index contributed by atoms with van der Waals surface area (Å²) in [5.41, 5.74) is 5.35. The Morgan fingerprint density at radius 3 is 2.41 bits per heavy atom. The second-order valence-electron chi connectivity index (χ2n) is 7.78. The molecule has 10 heteroatoms. The van der Waals surface area contributed by atoms with Crippen LogP contribution in [-0.2, 0) is 6.42 Å². The molecule has 0 aliphatic rings. The maximum absolute atomic E-state index is 12.7. The highest BCUT2D eigenvalue weighted by molar-refractivity contribution is 7.80. The van der Waals surface area contributed by atoms with Crippen molar-refractivity contribution in [1.29, 1.82) is 0 Å². The molecule has 2 N–H and O–H groups in total. The SMILES string of the molecule is CCc1ccc(-n2nc3cc(C)c(NC(=S)NC(=O)c4cccc([N+](=O)[O-])c4C)cc3n2)cc1. The molecule has 0 bridgehead atoms. The third-order valence-corrected chi connectivity index (χ3v) is 5.73. The van der Waals surface area contributed by atoms with Crippen LogP contribution in [0.15, 0.2) is 54.6 Å². The Hall–Kier alpha value is -4.18. The molecule has 4 aromatic rings. The number of fused-ring (bicyclic) bond motifs is 1. The van der Waals surface area contributed by atoms with E-state index in [1.165, 1.54) is 30.7 Å². The van der Waals surface area contributed by atoms with Crippen LogP contribution in [0.25, 0.3) is 16.7 Å². The fourth-order valence-corrected chi connectivity index (χ4v) is 3.78. The molecule has 1 aromatic heterocycles. The Labute approximate surface area is 200 Å². The van der Waals surface area contributed by atoms with E-state index in [0.29, 0.717) is 11.2 Å². The largest absolute Gasteiger partial charge is 0.332 e.